The first-order chi connectivity index (χ1) is 16.6. The number of nitrogens with zero attached hydrogens (tertiary/aromatic N) is 3. The van der Waals surface area contributed by atoms with E-state index in [4.69, 9.17) is 9.47 Å². The number of esters is 1. The van der Waals surface area contributed by atoms with Crippen molar-refractivity contribution in [1.82, 2.24) is 14.8 Å². The lowest BCUT2D eigenvalue weighted by Crippen LogP contribution is -2.07. The fourth-order valence-corrected chi connectivity index (χ4v) is 3.92. The van der Waals surface area contributed by atoms with Gasteiger partial charge in [0.1, 0.15) is 0 Å². The van der Waals surface area contributed by atoms with Crippen molar-refractivity contribution in [2.24, 2.45) is 0 Å². The summed E-state index contributed by atoms with van der Waals surface area (Å²) in [6.45, 7) is 7.80. The SMILES string of the molecule is CCC(CC)c1nn(-c2ccc(C(F)(F)F)cn2)cc1CCCOc1c(C)cccc1OC(C)=O. The molecule has 3 rings (SSSR count). The average molecular weight is 490 g/mol. The molecule has 0 saturated carbocycles. The third-order valence-electron chi connectivity index (χ3n) is 5.77. The van der Waals surface area contributed by atoms with Gasteiger partial charge in [-0.15, -0.1) is 0 Å². The molecule has 0 bridgehead atoms. The number of hydrogen-bond donors (Lipinski definition) is 0. The van der Waals surface area contributed by atoms with Gasteiger partial charge in [0, 0.05) is 25.2 Å². The van der Waals surface area contributed by atoms with Gasteiger partial charge in [-0.25, -0.2) is 9.67 Å². The summed E-state index contributed by atoms with van der Waals surface area (Å²) >= 11 is 0. The fourth-order valence-electron chi connectivity index (χ4n) is 3.92. The summed E-state index contributed by atoms with van der Waals surface area (Å²) in [6, 6.07) is 7.71. The van der Waals surface area contributed by atoms with E-state index in [1.54, 1.807) is 16.8 Å². The van der Waals surface area contributed by atoms with Gasteiger partial charge >= 0.3 is 12.1 Å². The first kappa shape index (κ1) is 26.2. The predicted octanol–water partition coefficient (Wildman–Crippen LogP) is 6.44. The number of aryl methyl sites for hydroxylation is 2. The number of carbonyl (C=O) groups excluding carboxylic acids is 1. The maximum absolute atomic E-state index is 12.9. The van der Waals surface area contributed by atoms with Crippen molar-refractivity contribution in [2.45, 2.75) is 65.5 Å². The average Bonchev–Trinajstić information content (AvgIpc) is 3.22. The number of hydrogen-bond acceptors (Lipinski definition) is 5. The molecular weight excluding hydrogens is 459 g/mol. The molecule has 0 spiro atoms. The van der Waals surface area contributed by atoms with Gasteiger partial charge in [0.05, 0.1) is 17.9 Å². The van der Waals surface area contributed by atoms with Crippen LogP contribution in [0.15, 0.2) is 42.7 Å². The summed E-state index contributed by atoms with van der Waals surface area (Å²) in [7, 11) is 0. The minimum Gasteiger partial charge on any atom is -0.489 e. The molecule has 9 heteroatoms. The van der Waals surface area contributed by atoms with Crippen LogP contribution < -0.4 is 9.47 Å². The Morgan fingerprint density at radius 3 is 2.49 bits per heavy atom. The van der Waals surface area contributed by atoms with Crippen molar-refractivity contribution in [3.8, 4) is 17.3 Å². The van der Waals surface area contributed by atoms with Gasteiger partial charge in [-0.1, -0.05) is 26.0 Å². The highest BCUT2D eigenvalue weighted by molar-refractivity contribution is 5.70. The van der Waals surface area contributed by atoms with Crippen molar-refractivity contribution in [1.29, 1.82) is 0 Å². The Bertz CT molecular complexity index is 1140. The maximum Gasteiger partial charge on any atom is 0.417 e. The van der Waals surface area contributed by atoms with Crippen LogP contribution >= 0.6 is 0 Å². The maximum atomic E-state index is 12.9. The standard InChI is InChI=1S/C26H30F3N3O3/c1-5-19(6-2)24-20(16-32(31-24)23-13-12-21(15-30-23)26(27,28)29)10-8-14-34-25-17(3)9-7-11-22(25)35-18(4)33/h7,9,11-13,15-16,19H,5-6,8,10,14H2,1-4H3. The number of halogens is 3. The molecule has 0 aliphatic carbocycles. The summed E-state index contributed by atoms with van der Waals surface area (Å²) in [4.78, 5) is 15.4. The second kappa shape index (κ2) is 11.4. The van der Waals surface area contributed by atoms with Gasteiger partial charge in [-0.05, 0) is 61.9 Å². The van der Waals surface area contributed by atoms with Gasteiger partial charge in [0.25, 0.3) is 0 Å². The van der Waals surface area contributed by atoms with Crippen LogP contribution in [-0.4, -0.2) is 27.3 Å². The highest BCUT2D eigenvalue weighted by Gasteiger charge is 2.30. The van der Waals surface area contributed by atoms with E-state index in [0.717, 1.165) is 41.9 Å². The Balaban J connectivity index is 1.76. The van der Waals surface area contributed by atoms with Gasteiger partial charge in [-0.3, -0.25) is 4.79 Å². The molecule has 0 aliphatic rings. The van der Waals surface area contributed by atoms with Crippen LogP contribution in [0, 0.1) is 6.92 Å². The Hall–Kier alpha value is -3.36. The molecule has 0 atom stereocenters. The minimum atomic E-state index is -4.44. The summed E-state index contributed by atoms with van der Waals surface area (Å²) in [5.74, 6) is 1.07. The summed E-state index contributed by atoms with van der Waals surface area (Å²) in [5.41, 5.74) is 2.00. The number of alkyl halides is 3. The molecule has 2 aromatic heterocycles. The van der Waals surface area contributed by atoms with E-state index >= 15 is 0 Å². The normalized spacial score (nSPS) is 11.7. The monoisotopic (exact) mass is 489 g/mol. The third kappa shape index (κ3) is 6.61. The topological polar surface area (TPSA) is 66.2 Å². The van der Waals surface area contributed by atoms with E-state index in [9.17, 15) is 18.0 Å². The van der Waals surface area contributed by atoms with E-state index in [0.29, 0.717) is 36.8 Å². The number of pyridine rings is 1. The molecule has 0 aliphatic heterocycles. The predicted molar refractivity (Wildman–Crippen MR) is 126 cm³/mol. The van der Waals surface area contributed by atoms with Crippen LogP contribution in [0.1, 0.15) is 68.3 Å². The highest BCUT2D eigenvalue weighted by atomic mass is 19.4. The van der Waals surface area contributed by atoms with E-state index in [1.165, 1.54) is 13.0 Å². The van der Waals surface area contributed by atoms with Crippen LogP contribution in [0.3, 0.4) is 0 Å². The van der Waals surface area contributed by atoms with Crippen molar-refractivity contribution in [3.63, 3.8) is 0 Å². The quantitative estimate of drug-likeness (QED) is 0.186. The van der Waals surface area contributed by atoms with Crippen LogP contribution in [0.4, 0.5) is 13.2 Å². The molecule has 0 saturated heterocycles. The summed E-state index contributed by atoms with van der Waals surface area (Å²) in [5, 5.41) is 4.69. The Morgan fingerprint density at radius 2 is 1.89 bits per heavy atom. The summed E-state index contributed by atoms with van der Waals surface area (Å²) in [6.07, 6.45) is 1.35. The summed E-state index contributed by atoms with van der Waals surface area (Å²) < 4.78 is 51.4. The van der Waals surface area contributed by atoms with Crippen molar-refractivity contribution in [2.75, 3.05) is 6.61 Å². The Morgan fingerprint density at radius 1 is 1.14 bits per heavy atom. The molecule has 0 amide bonds. The molecule has 0 unspecified atom stereocenters. The number of benzene rings is 1. The first-order valence-electron chi connectivity index (χ1n) is 11.7. The van der Waals surface area contributed by atoms with Gasteiger partial charge in [0.2, 0.25) is 0 Å². The van der Waals surface area contributed by atoms with Crippen molar-refractivity contribution < 1.29 is 27.4 Å². The van der Waals surface area contributed by atoms with Crippen LogP contribution in [0.25, 0.3) is 5.82 Å². The van der Waals surface area contributed by atoms with Gasteiger partial charge < -0.3 is 9.47 Å². The molecule has 3 aromatic rings. The number of para-hydroxylation sites is 1. The van der Waals surface area contributed by atoms with E-state index in [-0.39, 0.29) is 5.92 Å². The lowest BCUT2D eigenvalue weighted by atomic mass is 9.95. The van der Waals surface area contributed by atoms with E-state index in [1.807, 2.05) is 19.2 Å². The lowest BCUT2D eigenvalue weighted by molar-refractivity contribution is -0.138. The lowest BCUT2D eigenvalue weighted by Gasteiger charge is -2.14. The first-order valence-corrected chi connectivity index (χ1v) is 11.7. The fraction of sp³-hybridized carbons (Fsp3) is 0.423. The number of ether oxygens (including phenoxy) is 2. The third-order valence-corrected chi connectivity index (χ3v) is 5.77. The van der Waals surface area contributed by atoms with Crippen LogP contribution in [-0.2, 0) is 17.4 Å². The Labute approximate surface area is 203 Å². The zero-order valence-corrected chi connectivity index (χ0v) is 20.4. The molecule has 1 aromatic carbocycles. The molecule has 188 valence electrons. The van der Waals surface area contributed by atoms with Gasteiger partial charge in [0.15, 0.2) is 17.3 Å². The molecule has 2 heterocycles. The number of aromatic nitrogens is 3. The van der Waals surface area contributed by atoms with Crippen LogP contribution in [0.5, 0.6) is 11.5 Å². The smallest absolute Gasteiger partial charge is 0.417 e. The molecular formula is C26H30F3N3O3. The second-order valence-electron chi connectivity index (χ2n) is 8.35. The van der Waals surface area contributed by atoms with Crippen molar-refractivity contribution >= 4 is 5.97 Å². The molecule has 6 nitrogen and oxygen atoms in total. The molecule has 0 fully saturated rings. The van der Waals surface area contributed by atoms with Gasteiger partial charge in [-0.2, -0.15) is 18.3 Å². The van der Waals surface area contributed by atoms with Crippen molar-refractivity contribution in [3.05, 3.63) is 65.1 Å². The zero-order chi connectivity index (χ0) is 25.6. The van der Waals surface area contributed by atoms with E-state index in [2.05, 4.69) is 23.9 Å². The molecule has 0 radical (unpaired) electrons. The largest absolute Gasteiger partial charge is 0.489 e. The number of carbonyl (C=O) groups is 1. The highest BCUT2D eigenvalue weighted by Crippen LogP contribution is 2.32. The molecule has 35 heavy (non-hydrogen) atoms. The molecule has 0 N–H and O–H groups in total. The second-order valence-corrected chi connectivity index (χ2v) is 8.35. The number of rotatable bonds is 10. The zero-order valence-electron chi connectivity index (χ0n) is 20.4. The minimum absolute atomic E-state index is 0.230. The van der Waals surface area contributed by atoms with Crippen LogP contribution in [0.2, 0.25) is 0 Å². The Kier molecular flexibility index (Phi) is 8.53. The van der Waals surface area contributed by atoms with E-state index < -0.39 is 17.7 Å².